The van der Waals surface area contributed by atoms with Crippen LogP contribution in [-0.4, -0.2) is 32.2 Å². The number of rotatable bonds is 4. The molecule has 3 heterocycles. The van der Waals surface area contributed by atoms with Gasteiger partial charge >= 0.3 is 0 Å². The quantitative estimate of drug-likeness (QED) is 0.747. The second-order valence-corrected chi connectivity index (χ2v) is 4.79. The number of nitrogens with one attached hydrogen (secondary N) is 1. The first-order chi connectivity index (χ1) is 11.1. The maximum atomic E-state index is 11.5. The topological polar surface area (TPSA) is 123 Å². The Morgan fingerprint density at radius 1 is 1.35 bits per heavy atom. The Bertz CT molecular complexity index is 939. The van der Waals surface area contributed by atoms with Crippen molar-refractivity contribution in [3.8, 4) is 11.9 Å². The maximum Gasteiger partial charge on any atom is 0.252 e. The lowest BCUT2D eigenvalue weighted by Gasteiger charge is -2.10. The summed E-state index contributed by atoms with van der Waals surface area (Å²) in [6, 6.07) is 5.43. The lowest BCUT2D eigenvalue weighted by Crippen LogP contribution is -2.16. The van der Waals surface area contributed by atoms with Gasteiger partial charge in [0.25, 0.3) is 5.91 Å². The molecule has 0 aliphatic rings. The molecule has 0 aliphatic carbocycles. The zero-order chi connectivity index (χ0) is 16.4. The molecule has 3 aromatic rings. The van der Waals surface area contributed by atoms with E-state index in [1.54, 1.807) is 23.0 Å². The fraction of sp³-hybridized carbons (Fsp3) is 0.133. The van der Waals surface area contributed by atoms with E-state index in [0.29, 0.717) is 34.8 Å². The molecule has 0 aromatic carbocycles. The SMILES string of the molecule is CCNc1cc(-n2ncc3cc(C#N)cnc32)ncc1C(N)=O. The Labute approximate surface area is 131 Å². The molecule has 0 fully saturated rings. The van der Waals surface area contributed by atoms with Gasteiger partial charge in [0.1, 0.15) is 6.07 Å². The highest BCUT2D eigenvalue weighted by atomic mass is 16.1. The minimum Gasteiger partial charge on any atom is -0.385 e. The van der Waals surface area contributed by atoms with E-state index >= 15 is 0 Å². The number of pyridine rings is 2. The van der Waals surface area contributed by atoms with Gasteiger partial charge in [-0.3, -0.25) is 4.79 Å². The van der Waals surface area contributed by atoms with E-state index in [-0.39, 0.29) is 0 Å². The predicted octanol–water partition coefficient (Wildman–Crippen LogP) is 1.22. The van der Waals surface area contributed by atoms with Crippen LogP contribution in [0.5, 0.6) is 0 Å². The molecule has 3 N–H and O–H groups in total. The van der Waals surface area contributed by atoms with Crippen LogP contribution in [-0.2, 0) is 0 Å². The molecule has 0 spiro atoms. The number of aromatic nitrogens is 4. The van der Waals surface area contributed by atoms with E-state index in [0.717, 1.165) is 5.39 Å². The third kappa shape index (κ3) is 2.55. The van der Waals surface area contributed by atoms with Gasteiger partial charge in [-0.25, -0.2) is 9.97 Å². The number of amides is 1. The third-order valence-corrected chi connectivity index (χ3v) is 3.28. The standard InChI is InChI=1S/C15H13N7O/c1-2-18-12-4-13(19-8-11(12)14(17)23)22-15-10(7-21-22)3-9(5-16)6-20-15/h3-4,6-8H,2H2,1H3,(H2,17,23)(H,18,19). The van der Waals surface area contributed by atoms with Crippen LogP contribution in [0.15, 0.2) is 30.7 Å². The number of carbonyl (C=O) groups excluding carboxylic acids is 1. The Balaban J connectivity index is 2.13. The minimum atomic E-state index is -0.554. The number of hydrogen-bond donors (Lipinski definition) is 2. The summed E-state index contributed by atoms with van der Waals surface area (Å²) >= 11 is 0. The summed E-state index contributed by atoms with van der Waals surface area (Å²) in [6.07, 6.45) is 4.50. The zero-order valence-electron chi connectivity index (χ0n) is 12.3. The van der Waals surface area contributed by atoms with Crippen LogP contribution < -0.4 is 11.1 Å². The normalized spacial score (nSPS) is 10.4. The lowest BCUT2D eigenvalue weighted by molar-refractivity contribution is 0.100. The predicted molar refractivity (Wildman–Crippen MR) is 84.1 cm³/mol. The summed E-state index contributed by atoms with van der Waals surface area (Å²) in [5.41, 5.74) is 7.28. The molecular formula is C15H13N7O. The summed E-state index contributed by atoms with van der Waals surface area (Å²) in [5.74, 6) is -0.0553. The van der Waals surface area contributed by atoms with Gasteiger partial charge in [0.2, 0.25) is 0 Å². The molecule has 0 bridgehead atoms. The first-order valence-electron chi connectivity index (χ1n) is 6.92. The van der Waals surface area contributed by atoms with Gasteiger partial charge in [0.05, 0.1) is 23.0 Å². The molecule has 0 aliphatic heterocycles. The Morgan fingerprint density at radius 2 is 2.17 bits per heavy atom. The first-order valence-corrected chi connectivity index (χ1v) is 6.92. The third-order valence-electron chi connectivity index (χ3n) is 3.28. The van der Waals surface area contributed by atoms with Crippen molar-refractivity contribution in [1.82, 2.24) is 19.7 Å². The second-order valence-electron chi connectivity index (χ2n) is 4.79. The van der Waals surface area contributed by atoms with Crippen molar-refractivity contribution in [3.63, 3.8) is 0 Å². The van der Waals surface area contributed by atoms with Crippen LogP contribution in [0.1, 0.15) is 22.8 Å². The summed E-state index contributed by atoms with van der Waals surface area (Å²) in [7, 11) is 0. The molecule has 23 heavy (non-hydrogen) atoms. The van der Waals surface area contributed by atoms with Gasteiger partial charge in [0, 0.05) is 30.4 Å². The monoisotopic (exact) mass is 307 g/mol. The molecular weight excluding hydrogens is 294 g/mol. The molecule has 0 saturated carbocycles. The van der Waals surface area contributed by atoms with E-state index < -0.39 is 5.91 Å². The van der Waals surface area contributed by atoms with Crippen LogP contribution >= 0.6 is 0 Å². The van der Waals surface area contributed by atoms with Gasteiger partial charge < -0.3 is 11.1 Å². The Morgan fingerprint density at radius 3 is 2.87 bits per heavy atom. The van der Waals surface area contributed by atoms with Gasteiger partial charge in [-0.1, -0.05) is 0 Å². The van der Waals surface area contributed by atoms with Crippen LogP contribution in [0.2, 0.25) is 0 Å². The summed E-state index contributed by atoms with van der Waals surface area (Å²) in [5, 5.41) is 17.0. The summed E-state index contributed by atoms with van der Waals surface area (Å²) in [6.45, 7) is 2.55. The van der Waals surface area contributed by atoms with E-state index in [1.165, 1.54) is 12.4 Å². The van der Waals surface area contributed by atoms with Gasteiger partial charge in [-0.15, -0.1) is 0 Å². The van der Waals surface area contributed by atoms with Crippen molar-refractivity contribution in [2.75, 3.05) is 11.9 Å². The van der Waals surface area contributed by atoms with Crippen molar-refractivity contribution < 1.29 is 4.79 Å². The van der Waals surface area contributed by atoms with E-state index in [9.17, 15) is 4.79 Å². The number of fused-ring (bicyclic) bond motifs is 1. The Hall–Kier alpha value is -3.47. The molecule has 114 valence electrons. The largest absolute Gasteiger partial charge is 0.385 e. The fourth-order valence-corrected chi connectivity index (χ4v) is 2.24. The van der Waals surface area contributed by atoms with Crippen LogP contribution in [0.3, 0.4) is 0 Å². The van der Waals surface area contributed by atoms with Crippen molar-refractivity contribution in [2.24, 2.45) is 5.73 Å². The Kier molecular flexibility index (Phi) is 3.60. The summed E-state index contributed by atoms with van der Waals surface area (Å²) in [4.78, 5) is 19.9. The number of nitrogens with zero attached hydrogens (tertiary/aromatic N) is 5. The minimum absolute atomic E-state index is 0.312. The average Bonchev–Trinajstić information content (AvgIpc) is 2.97. The van der Waals surface area contributed by atoms with Gasteiger partial charge in [-0.05, 0) is 13.0 Å². The van der Waals surface area contributed by atoms with E-state index in [4.69, 9.17) is 11.0 Å². The average molecular weight is 307 g/mol. The number of anilines is 1. The maximum absolute atomic E-state index is 11.5. The number of primary amides is 1. The smallest absolute Gasteiger partial charge is 0.252 e. The molecule has 0 atom stereocenters. The molecule has 3 rings (SSSR count). The molecule has 8 nitrogen and oxygen atoms in total. The van der Waals surface area contributed by atoms with Crippen molar-refractivity contribution in [3.05, 3.63) is 41.9 Å². The van der Waals surface area contributed by atoms with Crippen molar-refractivity contribution >= 4 is 22.6 Å². The molecule has 0 saturated heterocycles. The lowest BCUT2D eigenvalue weighted by atomic mass is 10.2. The van der Waals surface area contributed by atoms with Gasteiger partial charge in [-0.2, -0.15) is 15.0 Å². The molecule has 8 heteroatoms. The number of nitrogens with two attached hydrogens (primary N) is 1. The highest BCUT2D eigenvalue weighted by Gasteiger charge is 2.13. The van der Waals surface area contributed by atoms with Crippen molar-refractivity contribution in [2.45, 2.75) is 6.92 Å². The van der Waals surface area contributed by atoms with E-state index in [1.807, 2.05) is 13.0 Å². The first kappa shape index (κ1) is 14.5. The number of nitriles is 1. The molecule has 0 unspecified atom stereocenters. The number of hydrogen-bond acceptors (Lipinski definition) is 6. The van der Waals surface area contributed by atoms with Crippen LogP contribution in [0.25, 0.3) is 16.9 Å². The summed E-state index contributed by atoms with van der Waals surface area (Å²) < 4.78 is 1.54. The molecule has 3 aromatic heterocycles. The number of carbonyl (C=O) groups is 1. The van der Waals surface area contributed by atoms with Gasteiger partial charge in [0.15, 0.2) is 11.5 Å². The van der Waals surface area contributed by atoms with Crippen LogP contribution in [0, 0.1) is 11.3 Å². The van der Waals surface area contributed by atoms with Crippen molar-refractivity contribution in [1.29, 1.82) is 5.26 Å². The fourth-order valence-electron chi connectivity index (χ4n) is 2.24. The van der Waals surface area contributed by atoms with E-state index in [2.05, 4.69) is 20.4 Å². The second kappa shape index (κ2) is 5.73. The highest BCUT2D eigenvalue weighted by Crippen LogP contribution is 2.21. The zero-order valence-corrected chi connectivity index (χ0v) is 12.3. The molecule has 0 radical (unpaired) electrons. The highest BCUT2D eigenvalue weighted by molar-refractivity contribution is 5.98. The van der Waals surface area contributed by atoms with Crippen LogP contribution in [0.4, 0.5) is 5.69 Å². The molecule has 1 amide bonds.